The van der Waals surface area contributed by atoms with Gasteiger partial charge in [-0.2, -0.15) is 0 Å². The SMILES string of the molecule is c1ccc(-c2ccccc2Nc2ccc(-c3cccc4oc5ccccc5c34)cc2)cc1. The molecule has 152 valence electrons. The van der Waals surface area contributed by atoms with Crippen molar-refractivity contribution in [3.05, 3.63) is 121 Å². The van der Waals surface area contributed by atoms with Crippen LogP contribution in [0, 0.1) is 0 Å². The van der Waals surface area contributed by atoms with Crippen molar-refractivity contribution in [1.29, 1.82) is 0 Å². The van der Waals surface area contributed by atoms with Gasteiger partial charge in [0.1, 0.15) is 11.2 Å². The molecule has 2 heteroatoms. The lowest BCUT2D eigenvalue weighted by atomic mass is 9.99. The molecule has 0 saturated carbocycles. The van der Waals surface area contributed by atoms with E-state index in [1.165, 1.54) is 27.6 Å². The number of rotatable bonds is 4. The van der Waals surface area contributed by atoms with E-state index in [2.05, 4.69) is 102 Å². The lowest BCUT2D eigenvalue weighted by molar-refractivity contribution is 0.669. The lowest BCUT2D eigenvalue weighted by Gasteiger charge is -2.13. The average molecular weight is 412 g/mol. The Balaban J connectivity index is 1.37. The Labute approximate surface area is 186 Å². The minimum atomic E-state index is 0.919. The molecule has 6 rings (SSSR count). The third-order valence-electron chi connectivity index (χ3n) is 5.89. The van der Waals surface area contributed by atoms with Crippen LogP contribution in [0.1, 0.15) is 0 Å². The first-order valence-corrected chi connectivity index (χ1v) is 10.8. The Hall–Kier alpha value is -4.30. The number of para-hydroxylation sites is 2. The summed E-state index contributed by atoms with van der Waals surface area (Å²) in [6.45, 7) is 0. The molecule has 0 radical (unpaired) electrons. The molecule has 5 aromatic carbocycles. The molecule has 0 unspecified atom stereocenters. The second kappa shape index (κ2) is 7.75. The summed E-state index contributed by atoms with van der Waals surface area (Å²) in [5.41, 5.74) is 8.73. The summed E-state index contributed by atoms with van der Waals surface area (Å²) in [5, 5.41) is 5.91. The highest BCUT2D eigenvalue weighted by molar-refractivity contribution is 6.12. The van der Waals surface area contributed by atoms with E-state index in [-0.39, 0.29) is 0 Å². The summed E-state index contributed by atoms with van der Waals surface area (Å²) < 4.78 is 6.06. The topological polar surface area (TPSA) is 25.2 Å². The first kappa shape index (κ1) is 18.5. The second-order valence-corrected chi connectivity index (χ2v) is 7.89. The molecule has 2 nitrogen and oxygen atoms in total. The van der Waals surface area contributed by atoms with Crippen molar-refractivity contribution < 1.29 is 4.42 Å². The Kier molecular flexibility index (Phi) is 4.47. The van der Waals surface area contributed by atoms with Gasteiger partial charge < -0.3 is 9.73 Å². The molecule has 0 amide bonds. The van der Waals surface area contributed by atoms with Crippen LogP contribution in [0.5, 0.6) is 0 Å². The molecule has 0 spiro atoms. The minimum Gasteiger partial charge on any atom is -0.456 e. The van der Waals surface area contributed by atoms with Crippen molar-refractivity contribution in [1.82, 2.24) is 0 Å². The van der Waals surface area contributed by atoms with Gasteiger partial charge in [0.05, 0.1) is 0 Å². The smallest absolute Gasteiger partial charge is 0.136 e. The largest absolute Gasteiger partial charge is 0.456 e. The number of anilines is 2. The highest BCUT2D eigenvalue weighted by Gasteiger charge is 2.12. The molecule has 6 aromatic rings. The maximum Gasteiger partial charge on any atom is 0.136 e. The lowest BCUT2D eigenvalue weighted by Crippen LogP contribution is -1.93. The standard InChI is InChI=1S/C30H21NO/c1-2-9-21(10-3-1)24-11-4-6-14-27(24)31-23-19-17-22(18-20-23)25-13-8-16-29-30(25)26-12-5-7-15-28(26)32-29/h1-20,31H. The molecule has 0 aliphatic heterocycles. The fourth-order valence-electron chi connectivity index (χ4n) is 4.37. The second-order valence-electron chi connectivity index (χ2n) is 7.89. The van der Waals surface area contributed by atoms with E-state index in [0.717, 1.165) is 27.9 Å². The van der Waals surface area contributed by atoms with Gasteiger partial charge in [0.2, 0.25) is 0 Å². The Morgan fingerprint density at radius 3 is 2.00 bits per heavy atom. The summed E-state index contributed by atoms with van der Waals surface area (Å²) in [4.78, 5) is 0. The first-order chi connectivity index (χ1) is 15.9. The number of hydrogen-bond donors (Lipinski definition) is 1. The minimum absolute atomic E-state index is 0.919. The Morgan fingerprint density at radius 2 is 1.12 bits per heavy atom. The molecule has 0 bridgehead atoms. The summed E-state index contributed by atoms with van der Waals surface area (Å²) in [6, 6.07) is 42.0. The van der Waals surface area contributed by atoms with E-state index in [1.807, 2.05) is 24.3 Å². The van der Waals surface area contributed by atoms with Crippen molar-refractivity contribution in [2.75, 3.05) is 5.32 Å². The number of benzene rings is 5. The van der Waals surface area contributed by atoms with Gasteiger partial charge in [-0.05, 0) is 47.0 Å². The maximum atomic E-state index is 6.06. The number of nitrogens with one attached hydrogen (secondary N) is 1. The van der Waals surface area contributed by atoms with Gasteiger partial charge in [0, 0.05) is 27.7 Å². The normalized spacial score (nSPS) is 11.1. The zero-order valence-electron chi connectivity index (χ0n) is 17.5. The molecular weight excluding hydrogens is 390 g/mol. The van der Waals surface area contributed by atoms with Crippen LogP contribution in [0.25, 0.3) is 44.2 Å². The Morgan fingerprint density at radius 1 is 0.469 bits per heavy atom. The van der Waals surface area contributed by atoms with Gasteiger partial charge in [-0.1, -0.05) is 91.0 Å². The number of hydrogen-bond acceptors (Lipinski definition) is 2. The Bertz CT molecular complexity index is 1530. The highest BCUT2D eigenvalue weighted by Crippen LogP contribution is 2.37. The molecule has 0 saturated heterocycles. The van der Waals surface area contributed by atoms with E-state index < -0.39 is 0 Å². The molecule has 1 N–H and O–H groups in total. The molecule has 1 aromatic heterocycles. The fourth-order valence-corrected chi connectivity index (χ4v) is 4.37. The van der Waals surface area contributed by atoms with Crippen LogP contribution in [-0.4, -0.2) is 0 Å². The van der Waals surface area contributed by atoms with E-state index in [9.17, 15) is 0 Å². The van der Waals surface area contributed by atoms with Crippen molar-refractivity contribution in [2.45, 2.75) is 0 Å². The van der Waals surface area contributed by atoms with Crippen molar-refractivity contribution >= 4 is 33.3 Å². The van der Waals surface area contributed by atoms with Crippen LogP contribution < -0.4 is 5.32 Å². The van der Waals surface area contributed by atoms with Crippen LogP contribution in [0.15, 0.2) is 126 Å². The molecule has 1 heterocycles. The van der Waals surface area contributed by atoms with Crippen LogP contribution in [0.3, 0.4) is 0 Å². The van der Waals surface area contributed by atoms with Crippen molar-refractivity contribution in [2.24, 2.45) is 0 Å². The van der Waals surface area contributed by atoms with Gasteiger partial charge >= 0.3 is 0 Å². The molecule has 0 atom stereocenters. The van der Waals surface area contributed by atoms with E-state index in [4.69, 9.17) is 4.42 Å². The quantitative estimate of drug-likeness (QED) is 0.314. The van der Waals surface area contributed by atoms with Gasteiger partial charge in [-0.15, -0.1) is 0 Å². The monoisotopic (exact) mass is 411 g/mol. The van der Waals surface area contributed by atoms with E-state index >= 15 is 0 Å². The third kappa shape index (κ3) is 3.23. The molecule has 0 aliphatic carbocycles. The molecular formula is C30H21NO. The highest BCUT2D eigenvalue weighted by atomic mass is 16.3. The van der Waals surface area contributed by atoms with Gasteiger partial charge in [0.15, 0.2) is 0 Å². The van der Waals surface area contributed by atoms with Crippen LogP contribution >= 0.6 is 0 Å². The fraction of sp³-hybridized carbons (Fsp3) is 0. The van der Waals surface area contributed by atoms with E-state index in [1.54, 1.807) is 0 Å². The summed E-state index contributed by atoms with van der Waals surface area (Å²) in [7, 11) is 0. The zero-order chi connectivity index (χ0) is 21.3. The molecule has 0 fully saturated rings. The zero-order valence-corrected chi connectivity index (χ0v) is 17.5. The first-order valence-electron chi connectivity index (χ1n) is 10.8. The maximum absolute atomic E-state index is 6.06. The summed E-state index contributed by atoms with van der Waals surface area (Å²) in [5.74, 6) is 0. The summed E-state index contributed by atoms with van der Waals surface area (Å²) in [6.07, 6.45) is 0. The van der Waals surface area contributed by atoms with Gasteiger partial charge in [0.25, 0.3) is 0 Å². The van der Waals surface area contributed by atoms with Gasteiger partial charge in [-0.25, -0.2) is 0 Å². The number of fused-ring (bicyclic) bond motifs is 3. The predicted molar refractivity (Wildman–Crippen MR) is 134 cm³/mol. The predicted octanol–water partition coefficient (Wildman–Crippen LogP) is 8.66. The summed E-state index contributed by atoms with van der Waals surface area (Å²) >= 11 is 0. The van der Waals surface area contributed by atoms with Crippen LogP contribution in [0.2, 0.25) is 0 Å². The third-order valence-corrected chi connectivity index (χ3v) is 5.89. The average Bonchev–Trinajstić information content (AvgIpc) is 3.24. The molecule has 32 heavy (non-hydrogen) atoms. The van der Waals surface area contributed by atoms with Crippen LogP contribution in [0.4, 0.5) is 11.4 Å². The molecule has 0 aliphatic rings. The van der Waals surface area contributed by atoms with E-state index in [0.29, 0.717) is 0 Å². The van der Waals surface area contributed by atoms with Gasteiger partial charge in [-0.3, -0.25) is 0 Å². The van der Waals surface area contributed by atoms with Crippen LogP contribution in [-0.2, 0) is 0 Å². The van der Waals surface area contributed by atoms with Crippen molar-refractivity contribution in [3.8, 4) is 22.3 Å². The number of furan rings is 1. The van der Waals surface area contributed by atoms with Crippen molar-refractivity contribution in [3.63, 3.8) is 0 Å².